The number of nitrogens with zero attached hydrogens (tertiary/aromatic N) is 1. The molecule has 1 aliphatic rings. The molecule has 1 heterocycles. The molecule has 12 heavy (non-hydrogen) atoms. The Morgan fingerprint density at radius 3 is 2.17 bits per heavy atom. The third kappa shape index (κ3) is 5.09. The van der Waals surface area contributed by atoms with Crippen LogP contribution in [0.5, 0.6) is 0 Å². The molecule has 0 aromatic rings. The van der Waals surface area contributed by atoms with Gasteiger partial charge in [-0.25, -0.2) is 0 Å². The second-order valence-corrected chi connectivity index (χ2v) is 2.89. The van der Waals surface area contributed by atoms with E-state index in [0.29, 0.717) is 6.04 Å². The molecule has 0 aromatic heterocycles. The molecule has 4 nitrogen and oxygen atoms in total. The van der Waals surface area contributed by atoms with Crippen LogP contribution in [0.25, 0.3) is 0 Å². The van der Waals surface area contributed by atoms with E-state index in [-0.39, 0.29) is 0 Å². The Kier molecular flexibility index (Phi) is 6.70. The molecule has 2 N–H and O–H groups in total. The topological polar surface area (TPSA) is 55.6 Å². The third-order valence-electron chi connectivity index (χ3n) is 1.72. The second kappa shape index (κ2) is 7.06. The standard InChI is InChI=1S/C6H12N2O.C2H6O/c7-6-1-3-8(5-9)4-2-6;1-3-2/h5-6H,1-4,7H2;1-2H3. The average Bonchev–Trinajstić information content (AvgIpc) is 2.07. The van der Waals surface area contributed by atoms with Crippen molar-refractivity contribution < 1.29 is 9.53 Å². The number of ether oxygens (including phenoxy) is 1. The maximum atomic E-state index is 10.2. The van der Waals surface area contributed by atoms with Crippen LogP contribution in [0.4, 0.5) is 0 Å². The van der Waals surface area contributed by atoms with E-state index in [9.17, 15) is 4.79 Å². The number of nitrogens with two attached hydrogens (primary N) is 1. The maximum Gasteiger partial charge on any atom is 0.209 e. The summed E-state index contributed by atoms with van der Waals surface area (Å²) in [6.07, 6.45) is 2.81. The first-order valence-corrected chi connectivity index (χ1v) is 4.09. The van der Waals surface area contributed by atoms with E-state index in [1.165, 1.54) is 0 Å². The second-order valence-electron chi connectivity index (χ2n) is 2.89. The van der Waals surface area contributed by atoms with Crippen molar-refractivity contribution in [2.75, 3.05) is 27.3 Å². The first-order chi connectivity index (χ1) is 5.74. The van der Waals surface area contributed by atoms with Crippen LogP contribution in [0.1, 0.15) is 12.8 Å². The number of piperidine rings is 1. The van der Waals surface area contributed by atoms with Gasteiger partial charge in [-0.1, -0.05) is 0 Å². The van der Waals surface area contributed by atoms with Crippen LogP contribution in [0.15, 0.2) is 0 Å². The monoisotopic (exact) mass is 174 g/mol. The molecule has 0 aliphatic carbocycles. The summed E-state index contributed by atoms with van der Waals surface area (Å²) < 4.78 is 4.25. The molecule has 1 aliphatic heterocycles. The summed E-state index contributed by atoms with van der Waals surface area (Å²) in [5, 5.41) is 0. The summed E-state index contributed by atoms with van der Waals surface area (Å²) in [5.74, 6) is 0. The molecule has 1 rings (SSSR count). The number of methoxy groups -OCH3 is 1. The van der Waals surface area contributed by atoms with Crippen LogP contribution in [0.3, 0.4) is 0 Å². The Morgan fingerprint density at radius 1 is 1.42 bits per heavy atom. The lowest BCUT2D eigenvalue weighted by Crippen LogP contribution is -2.38. The molecule has 0 bridgehead atoms. The highest BCUT2D eigenvalue weighted by Crippen LogP contribution is 2.04. The Hall–Kier alpha value is -0.610. The van der Waals surface area contributed by atoms with Gasteiger partial charge in [0.1, 0.15) is 0 Å². The van der Waals surface area contributed by atoms with E-state index in [4.69, 9.17) is 5.73 Å². The summed E-state index contributed by atoms with van der Waals surface area (Å²) in [6.45, 7) is 1.68. The van der Waals surface area contributed by atoms with E-state index < -0.39 is 0 Å². The quantitative estimate of drug-likeness (QED) is 0.561. The van der Waals surface area contributed by atoms with E-state index in [1.807, 2.05) is 0 Å². The van der Waals surface area contributed by atoms with E-state index in [2.05, 4.69) is 4.74 Å². The van der Waals surface area contributed by atoms with Gasteiger partial charge >= 0.3 is 0 Å². The van der Waals surface area contributed by atoms with Crippen molar-refractivity contribution in [1.29, 1.82) is 0 Å². The SMILES string of the molecule is COC.NC1CCN(C=O)CC1. The van der Waals surface area contributed by atoms with Gasteiger partial charge < -0.3 is 15.4 Å². The zero-order valence-electron chi connectivity index (χ0n) is 7.82. The van der Waals surface area contributed by atoms with Gasteiger partial charge in [0.25, 0.3) is 0 Å². The highest BCUT2D eigenvalue weighted by molar-refractivity contribution is 5.47. The van der Waals surface area contributed by atoms with Crippen LogP contribution < -0.4 is 5.73 Å². The molecule has 0 aromatic carbocycles. The van der Waals surface area contributed by atoms with Gasteiger partial charge in [0.05, 0.1) is 0 Å². The minimum absolute atomic E-state index is 0.321. The Labute approximate surface area is 73.7 Å². The number of carbonyl (C=O) groups excluding carboxylic acids is 1. The lowest BCUT2D eigenvalue weighted by molar-refractivity contribution is -0.119. The van der Waals surface area contributed by atoms with E-state index in [1.54, 1.807) is 19.1 Å². The maximum absolute atomic E-state index is 10.2. The molecule has 1 saturated heterocycles. The van der Waals surface area contributed by atoms with E-state index >= 15 is 0 Å². The van der Waals surface area contributed by atoms with E-state index in [0.717, 1.165) is 32.3 Å². The Bertz CT molecular complexity index is 112. The van der Waals surface area contributed by atoms with Crippen LogP contribution in [0, 0.1) is 0 Å². The zero-order chi connectivity index (χ0) is 9.40. The molecule has 0 radical (unpaired) electrons. The molecular weight excluding hydrogens is 156 g/mol. The van der Waals surface area contributed by atoms with Crippen molar-refractivity contribution in [2.45, 2.75) is 18.9 Å². The number of amides is 1. The number of rotatable bonds is 1. The zero-order valence-corrected chi connectivity index (χ0v) is 7.82. The molecule has 4 heteroatoms. The molecule has 0 saturated carbocycles. The molecule has 1 amide bonds. The smallest absolute Gasteiger partial charge is 0.209 e. The van der Waals surface area contributed by atoms with Crippen LogP contribution >= 0.6 is 0 Å². The van der Waals surface area contributed by atoms with Gasteiger partial charge in [0.15, 0.2) is 0 Å². The minimum Gasteiger partial charge on any atom is -0.388 e. The summed E-state index contributed by atoms with van der Waals surface area (Å²) in [6, 6.07) is 0.321. The summed E-state index contributed by atoms with van der Waals surface area (Å²) >= 11 is 0. The van der Waals surface area contributed by atoms with Crippen LogP contribution in [0.2, 0.25) is 0 Å². The van der Waals surface area contributed by atoms with Crippen molar-refractivity contribution >= 4 is 6.41 Å². The van der Waals surface area contributed by atoms with Gasteiger partial charge in [-0.15, -0.1) is 0 Å². The van der Waals surface area contributed by atoms with Gasteiger partial charge in [-0.3, -0.25) is 4.79 Å². The average molecular weight is 174 g/mol. The first-order valence-electron chi connectivity index (χ1n) is 4.09. The molecule has 0 spiro atoms. The fourth-order valence-electron chi connectivity index (χ4n) is 1.02. The number of carbonyl (C=O) groups is 1. The van der Waals surface area contributed by atoms with Gasteiger partial charge in [-0.2, -0.15) is 0 Å². The van der Waals surface area contributed by atoms with Crippen LogP contribution in [-0.2, 0) is 9.53 Å². The largest absolute Gasteiger partial charge is 0.388 e. The van der Waals surface area contributed by atoms with Crippen molar-refractivity contribution in [3.05, 3.63) is 0 Å². The number of hydrogen-bond donors (Lipinski definition) is 1. The number of hydrogen-bond acceptors (Lipinski definition) is 3. The molecule has 1 fully saturated rings. The minimum atomic E-state index is 0.321. The first kappa shape index (κ1) is 11.4. The molecule has 0 atom stereocenters. The third-order valence-corrected chi connectivity index (χ3v) is 1.72. The lowest BCUT2D eigenvalue weighted by atomic mass is 10.1. The Morgan fingerprint density at radius 2 is 1.83 bits per heavy atom. The van der Waals surface area contributed by atoms with Crippen LogP contribution in [-0.4, -0.2) is 44.7 Å². The fraction of sp³-hybridized carbons (Fsp3) is 0.875. The highest BCUT2D eigenvalue weighted by atomic mass is 16.4. The highest BCUT2D eigenvalue weighted by Gasteiger charge is 2.13. The van der Waals surface area contributed by atoms with Crippen molar-refractivity contribution in [2.24, 2.45) is 5.73 Å². The summed E-state index contributed by atoms with van der Waals surface area (Å²) in [7, 11) is 3.25. The van der Waals surface area contributed by atoms with Crippen molar-refractivity contribution in [1.82, 2.24) is 4.90 Å². The molecular formula is C8H18N2O2. The number of likely N-dealkylation sites (tertiary alicyclic amines) is 1. The predicted octanol–water partition coefficient (Wildman–Crippen LogP) is -0.171. The fourth-order valence-corrected chi connectivity index (χ4v) is 1.02. The van der Waals surface area contributed by atoms with Gasteiger partial charge in [0.2, 0.25) is 6.41 Å². The molecule has 0 unspecified atom stereocenters. The van der Waals surface area contributed by atoms with Crippen molar-refractivity contribution in [3.8, 4) is 0 Å². The van der Waals surface area contributed by atoms with Gasteiger partial charge in [0, 0.05) is 33.4 Å². The predicted molar refractivity (Wildman–Crippen MR) is 47.8 cm³/mol. The van der Waals surface area contributed by atoms with Gasteiger partial charge in [-0.05, 0) is 12.8 Å². The summed E-state index contributed by atoms with van der Waals surface area (Å²) in [5.41, 5.74) is 5.61. The van der Waals surface area contributed by atoms with Crippen molar-refractivity contribution in [3.63, 3.8) is 0 Å². The normalized spacial score (nSPS) is 18.1. The summed E-state index contributed by atoms with van der Waals surface area (Å²) in [4.78, 5) is 11.9. The molecule has 72 valence electrons. The Balaban J connectivity index is 0.000000354. The lowest BCUT2D eigenvalue weighted by Gasteiger charge is -2.26.